The van der Waals surface area contributed by atoms with Crippen LogP contribution in [0, 0.1) is 5.92 Å². The molecule has 0 fully saturated rings. The van der Waals surface area contributed by atoms with E-state index in [-0.39, 0.29) is 23.3 Å². The van der Waals surface area contributed by atoms with Crippen LogP contribution in [0.5, 0.6) is 5.75 Å². The van der Waals surface area contributed by atoms with Gasteiger partial charge >= 0.3 is 0 Å². The van der Waals surface area contributed by atoms with Crippen LogP contribution in [0.4, 0.5) is 5.69 Å². The zero-order chi connectivity index (χ0) is 30.9. The molecule has 3 rings (SSSR count). The Morgan fingerprint density at radius 1 is 1.00 bits per heavy atom. The van der Waals surface area contributed by atoms with Crippen molar-refractivity contribution >= 4 is 50.9 Å². The molecule has 0 unspecified atom stereocenters. The number of carbonyl (C=O) groups is 2. The summed E-state index contributed by atoms with van der Waals surface area (Å²) in [6, 6.07) is 19.2. The highest BCUT2D eigenvalue weighted by Crippen LogP contribution is 2.28. The van der Waals surface area contributed by atoms with E-state index in [1.54, 1.807) is 67.6 Å². The molecule has 1 N–H and O–H groups in total. The number of halogens is 1. The third-order valence-corrected chi connectivity index (χ3v) is 9.22. The van der Waals surface area contributed by atoms with Crippen LogP contribution in [-0.4, -0.2) is 57.1 Å². The fraction of sp³-hybridized carbons (Fsp3) is 0.355. The Morgan fingerprint density at radius 2 is 1.67 bits per heavy atom. The molecule has 11 heteroatoms. The van der Waals surface area contributed by atoms with Gasteiger partial charge in [0, 0.05) is 23.0 Å². The summed E-state index contributed by atoms with van der Waals surface area (Å²) in [4.78, 5) is 29.5. The quantitative estimate of drug-likeness (QED) is 0.225. The summed E-state index contributed by atoms with van der Waals surface area (Å²) in [7, 11) is -4.17. The molecule has 0 saturated carbocycles. The number of rotatable bonds is 14. The highest BCUT2D eigenvalue weighted by molar-refractivity contribution is 7.98. The van der Waals surface area contributed by atoms with Gasteiger partial charge in [-0.2, -0.15) is 0 Å². The first-order chi connectivity index (χ1) is 20.0. The summed E-state index contributed by atoms with van der Waals surface area (Å²) in [5, 5.41) is 3.37. The fourth-order valence-corrected chi connectivity index (χ4v) is 6.18. The van der Waals surface area contributed by atoms with Crippen molar-refractivity contribution in [2.45, 2.75) is 50.1 Å². The summed E-state index contributed by atoms with van der Waals surface area (Å²) in [6.07, 6.45) is 1.90. The third-order valence-electron chi connectivity index (χ3n) is 6.46. The first-order valence-electron chi connectivity index (χ1n) is 13.7. The van der Waals surface area contributed by atoms with Crippen LogP contribution in [0.15, 0.2) is 82.6 Å². The van der Waals surface area contributed by atoms with Gasteiger partial charge in [0.25, 0.3) is 10.0 Å². The van der Waals surface area contributed by atoms with E-state index in [0.717, 1.165) is 9.20 Å². The molecule has 2 amide bonds. The lowest BCUT2D eigenvalue weighted by Gasteiger charge is -2.32. The lowest BCUT2D eigenvalue weighted by Crippen LogP contribution is -2.51. The second kappa shape index (κ2) is 15.3. The normalized spacial score (nSPS) is 12.1. The highest BCUT2D eigenvalue weighted by Gasteiger charge is 2.32. The van der Waals surface area contributed by atoms with Crippen molar-refractivity contribution in [3.63, 3.8) is 0 Å². The monoisotopic (exact) mass is 631 g/mol. The van der Waals surface area contributed by atoms with Gasteiger partial charge in [-0.05, 0) is 92.2 Å². The second-order valence-corrected chi connectivity index (χ2v) is 13.3. The first kappa shape index (κ1) is 33.3. The number of ether oxygens (including phenoxy) is 1. The van der Waals surface area contributed by atoms with E-state index in [9.17, 15) is 18.0 Å². The molecule has 0 aliphatic rings. The van der Waals surface area contributed by atoms with Crippen molar-refractivity contribution < 1.29 is 22.7 Å². The summed E-state index contributed by atoms with van der Waals surface area (Å²) >= 11 is 7.70. The standard InChI is InChI=1S/C31H38ClN3O5S2/c1-6-40-27-12-10-26(11-13-27)35(42(38,39)29-16-14-28(41-5)15-17-29)21-30(36)34(20-24-8-7-9-25(32)18-24)23(4)31(37)33-19-22(2)3/h7-18,22-23H,6,19-21H2,1-5H3,(H,33,37)/t23-/m0/s1. The molecule has 8 nitrogen and oxygen atoms in total. The van der Waals surface area contributed by atoms with Crippen LogP contribution in [0.2, 0.25) is 5.02 Å². The maximum absolute atomic E-state index is 14.0. The highest BCUT2D eigenvalue weighted by atomic mass is 35.5. The number of nitrogens with one attached hydrogen (secondary N) is 1. The molecule has 1 atom stereocenters. The van der Waals surface area contributed by atoms with E-state index in [2.05, 4.69) is 5.32 Å². The second-order valence-electron chi connectivity index (χ2n) is 10.1. The number of carbonyl (C=O) groups excluding carboxylic acids is 2. The van der Waals surface area contributed by atoms with Crippen LogP contribution in [0.25, 0.3) is 0 Å². The van der Waals surface area contributed by atoms with E-state index >= 15 is 0 Å². The Balaban J connectivity index is 2.02. The number of thioether (sulfide) groups is 1. The van der Waals surface area contributed by atoms with Gasteiger partial charge in [-0.25, -0.2) is 8.42 Å². The van der Waals surface area contributed by atoms with Crippen molar-refractivity contribution in [3.05, 3.63) is 83.4 Å². The Bertz CT molecular complexity index is 1450. The number of sulfonamides is 1. The Labute approximate surface area is 258 Å². The van der Waals surface area contributed by atoms with Crippen molar-refractivity contribution in [2.24, 2.45) is 5.92 Å². The maximum atomic E-state index is 14.0. The van der Waals surface area contributed by atoms with Gasteiger partial charge in [0.05, 0.1) is 17.2 Å². The minimum atomic E-state index is -4.17. The number of hydrogen-bond donors (Lipinski definition) is 1. The molecule has 3 aromatic carbocycles. The molecule has 226 valence electrons. The Morgan fingerprint density at radius 3 is 2.24 bits per heavy atom. The van der Waals surface area contributed by atoms with Crippen LogP contribution in [0.3, 0.4) is 0 Å². The van der Waals surface area contributed by atoms with E-state index in [0.29, 0.717) is 35.2 Å². The van der Waals surface area contributed by atoms with Gasteiger partial charge < -0.3 is 15.0 Å². The lowest BCUT2D eigenvalue weighted by atomic mass is 10.1. The number of benzene rings is 3. The number of hydrogen-bond acceptors (Lipinski definition) is 6. The average Bonchev–Trinajstić information content (AvgIpc) is 2.97. The largest absolute Gasteiger partial charge is 0.494 e. The molecule has 0 bridgehead atoms. The fourth-order valence-electron chi connectivity index (χ4n) is 4.15. The summed E-state index contributed by atoms with van der Waals surface area (Å²) < 4.78 is 34.6. The predicted molar refractivity (Wildman–Crippen MR) is 170 cm³/mol. The van der Waals surface area contributed by atoms with Gasteiger partial charge in [0.1, 0.15) is 18.3 Å². The van der Waals surface area contributed by atoms with Gasteiger partial charge in [0.2, 0.25) is 11.8 Å². The zero-order valence-electron chi connectivity index (χ0n) is 24.5. The first-order valence-corrected chi connectivity index (χ1v) is 16.7. The van der Waals surface area contributed by atoms with Gasteiger partial charge in [0.15, 0.2) is 0 Å². The zero-order valence-corrected chi connectivity index (χ0v) is 26.9. The molecule has 0 aromatic heterocycles. The lowest BCUT2D eigenvalue weighted by molar-refractivity contribution is -0.139. The topological polar surface area (TPSA) is 96.0 Å². The van der Waals surface area contributed by atoms with Crippen LogP contribution in [-0.2, 0) is 26.2 Å². The third kappa shape index (κ3) is 8.89. The number of amides is 2. The van der Waals surface area contributed by atoms with E-state index in [1.807, 2.05) is 27.0 Å². The van der Waals surface area contributed by atoms with E-state index < -0.39 is 28.5 Å². The molecule has 0 spiro atoms. The minimum Gasteiger partial charge on any atom is -0.494 e. The van der Waals surface area contributed by atoms with Gasteiger partial charge in [-0.15, -0.1) is 11.8 Å². The molecular weight excluding hydrogens is 594 g/mol. The Hall–Kier alpha value is -3.21. The average molecular weight is 632 g/mol. The van der Waals surface area contributed by atoms with Crippen LogP contribution < -0.4 is 14.4 Å². The maximum Gasteiger partial charge on any atom is 0.264 e. The molecular formula is C31H38ClN3O5S2. The van der Waals surface area contributed by atoms with Gasteiger partial charge in [-0.3, -0.25) is 13.9 Å². The summed E-state index contributed by atoms with van der Waals surface area (Å²) in [6.45, 7) is 7.88. The number of anilines is 1. The molecule has 0 radical (unpaired) electrons. The van der Waals surface area contributed by atoms with Gasteiger partial charge in [-0.1, -0.05) is 37.6 Å². The van der Waals surface area contributed by atoms with Crippen molar-refractivity contribution in [3.8, 4) is 5.75 Å². The van der Waals surface area contributed by atoms with Crippen molar-refractivity contribution in [2.75, 3.05) is 30.3 Å². The SMILES string of the molecule is CCOc1ccc(N(CC(=O)N(Cc2cccc(Cl)c2)[C@@H](C)C(=O)NCC(C)C)S(=O)(=O)c2ccc(SC)cc2)cc1. The predicted octanol–water partition coefficient (Wildman–Crippen LogP) is 5.85. The molecule has 0 aliphatic heterocycles. The van der Waals surface area contributed by atoms with E-state index in [4.69, 9.17) is 16.3 Å². The van der Waals surface area contributed by atoms with Crippen molar-refractivity contribution in [1.82, 2.24) is 10.2 Å². The molecule has 42 heavy (non-hydrogen) atoms. The number of nitrogens with zero attached hydrogens (tertiary/aromatic N) is 2. The summed E-state index contributed by atoms with van der Waals surface area (Å²) in [5.41, 5.74) is 1.00. The minimum absolute atomic E-state index is 0.0473. The summed E-state index contributed by atoms with van der Waals surface area (Å²) in [5.74, 6) is -0.0779. The molecule has 0 saturated heterocycles. The smallest absolute Gasteiger partial charge is 0.264 e. The van der Waals surface area contributed by atoms with Crippen molar-refractivity contribution in [1.29, 1.82) is 0 Å². The van der Waals surface area contributed by atoms with Crippen LogP contribution in [0.1, 0.15) is 33.3 Å². The molecule has 0 aliphatic carbocycles. The molecule has 0 heterocycles. The van der Waals surface area contributed by atoms with E-state index in [1.165, 1.54) is 28.8 Å². The Kier molecular flexibility index (Phi) is 12.1. The molecule has 3 aromatic rings. The van der Waals surface area contributed by atoms with Crippen LogP contribution >= 0.6 is 23.4 Å².